The van der Waals surface area contributed by atoms with Gasteiger partial charge >= 0.3 is 5.97 Å². The summed E-state index contributed by atoms with van der Waals surface area (Å²) in [5.74, 6) is -2.87. The van der Waals surface area contributed by atoms with E-state index in [1.807, 2.05) is 11.8 Å². The van der Waals surface area contributed by atoms with Crippen LogP contribution in [0.4, 0.5) is 8.78 Å². The minimum atomic E-state index is -1.02. The third kappa shape index (κ3) is 3.05. The van der Waals surface area contributed by atoms with Crippen LogP contribution in [0.15, 0.2) is 42.5 Å². The van der Waals surface area contributed by atoms with Gasteiger partial charge in [-0.2, -0.15) is 0 Å². The number of hydrogen-bond acceptors (Lipinski definition) is 3. The molecule has 0 aliphatic carbocycles. The molecule has 142 valence electrons. The second-order valence-corrected chi connectivity index (χ2v) is 6.75. The first kappa shape index (κ1) is 18.3. The molecule has 4 rings (SSSR count). The fourth-order valence-electron chi connectivity index (χ4n) is 3.67. The molecular formula is C22H18F2N2O2. The van der Waals surface area contributed by atoms with Gasteiger partial charge in [0.2, 0.25) is 0 Å². The van der Waals surface area contributed by atoms with Crippen LogP contribution in [0.3, 0.4) is 0 Å². The van der Waals surface area contributed by atoms with Crippen molar-refractivity contribution < 1.29 is 18.7 Å². The maximum absolute atomic E-state index is 14.2. The largest absolute Gasteiger partial charge is 0.478 e. The number of carbonyl (C=O) groups is 1. The van der Waals surface area contributed by atoms with Gasteiger partial charge in [-0.25, -0.2) is 18.6 Å². The first-order chi connectivity index (χ1) is 13.5. The molecule has 28 heavy (non-hydrogen) atoms. The van der Waals surface area contributed by atoms with Gasteiger partial charge in [0.15, 0.2) is 11.6 Å². The summed E-state index contributed by atoms with van der Waals surface area (Å²) in [7, 11) is 0. The Labute approximate surface area is 160 Å². The number of halogens is 2. The van der Waals surface area contributed by atoms with E-state index in [1.54, 1.807) is 30.3 Å². The molecule has 0 atom stereocenters. The number of pyridine rings is 1. The van der Waals surface area contributed by atoms with Crippen molar-refractivity contribution in [2.75, 3.05) is 13.1 Å². The number of benzene rings is 2. The number of hydrogen-bond donors (Lipinski definition) is 1. The van der Waals surface area contributed by atoms with Crippen LogP contribution in [0.25, 0.3) is 22.6 Å². The van der Waals surface area contributed by atoms with E-state index >= 15 is 0 Å². The summed E-state index contributed by atoms with van der Waals surface area (Å²) >= 11 is 0. The number of carboxylic acids is 1. The van der Waals surface area contributed by atoms with Crippen molar-refractivity contribution >= 4 is 28.5 Å². The summed E-state index contributed by atoms with van der Waals surface area (Å²) < 4.78 is 27.9. The van der Waals surface area contributed by atoms with Crippen molar-refractivity contribution in [1.82, 2.24) is 9.88 Å². The zero-order chi connectivity index (χ0) is 19.8. The molecule has 6 heteroatoms. The number of nitrogens with zero attached hydrogens (tertiary/aromatic N) is 2. The predicted molar refractivity (Wildman–Crippen MR) is 104 cm³/mol. The molecule has 0 bridgehead atoms. The summed E-state index contributed by atoms with van der Waals surface area (Å²) in [5.41, 5.74) is 2.69. The van der Waals surface area contributed by atoms with E-state index in [2.05, 4.69) is 4.98 Å². The Morgan fingerprint density at radius 1 is 1.18 bits per heavy atom. The van der Waals surface area contributed by atoms with Crippen LogP contribution in [0.2, 0.25) is 0 Å². The molecule has 1 aromatic heterocycles. The molecular weight excluding hydrogens is 362 g/mol. The highest BCUT2D eigenvalue weighted by Gasteiger charge is 2.28. The third-order valence-corrected chi connectivity index (χ3v) is 5.05. The summed E-state index contributed by atoms with van der Waals surface area (Å²) in [4.78, 5) is 18.8. The monoisotopic (exact) mass is 380 g/mol. The van der Waals surface area contributed by atoms with E-state index in [0.717, 1.165) is 6.07 Å². The number of rotatable bonds is 3. The highest BCUT2D eigenvalue weighted by molar-refractivity contribution is 6.06. The molecule has 1 N–H and O–H groups in total. The van der Waals surface area contributed by atoms with Crippen molar-refractivity contribution in [3.8, 4) is 0 Å². The van der Waals surface area contributed by atoms with Gasteiger partial charge in [-0.1, -0.05) is 37.3 Å². The highest BCUT2D eigenvalue weighted by Crippen LogP contribution is 2.34. The summed E-state index contributed by atoms with van der Waals surface area (Å²) in [6.07, 6.45) is 1.56. The van der Waals surface area contributed by atoms with E-state index in [1.165, 1.54) is 12.1 Å². The predicted octanol–water partition coefficient (Wildman–Crippen LogP) is 4.59. The van der Waals surface area contributed by atoms with E-state index < -0.39 is 17.6 Å². The highest BCUT2D eigenvalue weighted by atomic mass is 19.2. The average Bonchev–Trinajstić information content (AvgIpc) is 2.69. The van der Waals surface area contributed by atoms with Crippen LogP contribution in [0, 0.1) is 11.6 Å². The Morgan fingerprint density at radius 3 is 2.71 bits per heavy atom. The number of fused-ring (bicyclic) bond motifs is 2. The van der Waals surface area contributed by atoms with Gasteiger partial charge in [0, 0.05) is 29.6 Å². The van der Waals surface area contributed by atoms with Crippen LogP contribution in [-0.4, -0.2) is 34.0 Å². The average molecular weight is 380 g/mol. The fourth-order valence-corrected chi connectivity index (χ4v) is 3.67. The number of para-hydroxylation sites is 1. The number of aromatic carboxylic acids is 1. The zero-order valence-corrected chi connectivity index (χ0v) is 15.2. The molecule has 1 aliphatic rings. The summed E-state index contributed by atoms with van der Waals surface area (Å²) in [6.45, 7) is 3.58. The topological polar surface area (TPSA) is 53.4 Å². The SMILES string of the molecule is CCN1C/C(=C/c2cccc(F)c2F)c2nc3ccccc3c(C(=O)O)c2C1. The maximum atomic E-state index is 14.2. The normalized spacial score (nSPS) is 15.8. The van der Waals surface area contributed by atoms with Crippen molar-refractivity contribution in [1.29, 1.82) is 0 Å². The van der Waals surface area contributed by atoms with Crippen LogP contribution >= 0.6 is 0 Å². The molecule has 1 aliphatic heterocycles. The van der Waals surface area contributed by atoms with Crippen LogP contribution in [0.1, 0.15) is 34.1 Å². The number of carboxylic acid groups (broad SMARTS) is 1. The lowest BCUT2D eigenvalue weighted by Gasteiger charge is -2.30. The van der Waals surface area contributed by atoms with Gasteiger partial charge in [-0.15, -0.1) is 0 Å². The van der Waals surface area contributed by atoms with Gasteiger partial charge in [-0.3, -0.25) is 4.90 Å². The molecule has 2 aromatic carbocycles. The lowest BCUT2D eigenvalue weighted by atomic mass is 9.92. The first-order valence-electron chi connectivity index (χ1n) is 9.01. The quantitative estimate of drug-likeness (QED) is 0.722. The third-order valence-electron chi connectivity index (χ3n) is 5.05. The minimum absolute atomic E-state index is 0.116. The Hall–Kier alpha value is -3.12. The Balaban J connectivity index is 2.01. The lowest BCUT2D eigenvalue weighted by molar-refractivity contribution is 0.0696. The van der Waals surface area contributed by atoms with E-state index in [4.69, 9.17) is 0 Å². The maximum Gasteiger partial charge on any atom is 0.336 e. The number of likely N-dealkylation sites (N-methyl/N-ethyl adjacent to an activating group) is 1. The second kappa shape index (κ2) is 7.13. The minimum Gasteiger partial charge on any atom is -0.478 e. The zero-order valence-electron chi connectivity index (χ0n) is 15.2. The standard InChI is InChI=1S/C22H18F2N2O2/c1-2-26-11-14(10-13-6-5-8-17(23)20(13)24)21-16(12-26)19(22(27)28)15-7-3-4-9-18(15)25-21/h3-10H,2,11-12H2,1H3,(H,27,28)/b14-10-. The van der Waals surface area contributed by atoms with Gasteiger partial charge < -0.3 is 5.11 Å². The van der Waals surface area contributed by atoms with Crippen LogP contribution in [0.5, 0.6) is 0 Å². The molecule has 0 fully saturated rings. The van der Waals surface area contributed by atoms with Gasteiger partial charge in [0.1, 0.15) is 0 Å². The van der Waals surface area contributed by atoms with E-state index in [9.17, 15) is 18.7 Å². The van der Waals surface area contributed by atoms with E-state index in [-0.39, 0.29) is 11.1 Å². The summed E-state index contributed by atoms with van der Waals surface area (Å²) in [6, 6.07) is 11.1. The molecule has 0 saturated heterocycles. The summed E-state index contributed by atoms with van der Waals surface area (Å²) in [5, 5.41) is 10.5. The van der Waals surface area contributed by atoms with E-state index in [0.29, 0.717) is 47.4 Å². The second-order valence-electron chi connectivity index (χ2n) is 6.75. The molecule has 3 aromatic rings. The molecule has 0 unspecified atom stereocenters. The number of aromatic nitrogens is 1. The van der Waals surface area contributed by atoms with Gasteiger partial charge in [-0.05, 0) is 30.3 Å². The molecule has 2 heterocycles. The van der Waals surface area contributed by atoms with Gasteiger partial charge in [0.25, 0.3) is 0 Å². The smallest absolute Gasteiger partial charge is 0.336 e. The van der Waals surface area contributed by atoms with Crippen molar-refractivity contribution in [2.45, 2.75) is 13.5 Å². The Kier molecular flexibility index (Phi) is 4.65. The molecule has 0 amide bonds. The Bertz CT molecular complexity index is 1120. The molecule has 0 saturated carbocycles. The molecule has 0 radical (unpaired) electrons. The van der Waals surface area contributed by atoms with Crippen LogP contribution < -0.4 is 0 Å². The molecule has 4 nitrogen and oxygen atoms in total. The fraction of sp³-hybridized carbons (Fsp3) is 0.182. The van der Waals surface area contributed by atoms with Crippen molar-refractivity contribution in [3.63, 3.8) is 0 Å². The lowest BCUT2D eigenvalue weighted by Crippen LogP contribution is -2.31. The first-order valence-corrected chi connectivity index (χ1v) is 9.01. The Morgan fingerprint density at radius 2 is 1.96 bits per heavy atom. The molecule has 0 spiro atoms. The van der Waals surface area contributed by atoms with Gasteiger partial charge in [0.05, 0.1) is 16.8 Å². The van der Waals surface area contributed by atoms with Crippen LogP contribution in [-0.2, 0) is 6.54 Å². The van der Waals surface area contributed by atoms with Crippen molar-refractivity contribution in [3.05, 3.63) is 76.5 Å². The van der Waals surface area contributed by atoms with Crippen molar-refractivity contribution in [2.24, 2.45) is 0 Å².